The average Bonchev–Trinajstić information content (AvgIpc) is 3.13. The maximum absolute atomic E-state index is 13.2. The third-order valence-electron chi connectivity index (χ3n) is 6.93. The minimum atomic E-state index is -4.56. The smallest absolute Gasteiger partial charge is 0.341 e. The van der Waals surface area contributed by atoms with Crippen LogP contribution >= 0.6 is 0 Å². The third-order valence-corrected chi connectivity index (χ3v) is 6.93. The summed E-state index contributed by atoms with van der Waals surface area (Å²) in [6, 6.07) is 14.0. The van der Waals surface area contributed by atoms with Crippen molar-refractivity contribution in [3.05, 3.63) is 65.7 Å². The number of nitrogens with one attached hydrogen (secondary N) is 1. The molecule has 10 heteroatoms. The van der Waals surface area contributed by atoms with Crippen molar-refractivity contribution in [3.8, 4) is 0 Å². The number of amides is 3. The number of hydrogen-bond acceptors (Lipinski definition) is 4. The van der Waals surface area contributed by atoms with Gasteiger partial charge in [-0.2, -0.15) is 13.2 Å². The molecule has 198 valence electrons. The van der Waals surface area contributed by atoms with Gasteiger partial charge in [-0.1, -0.05) is 30.3 Å². The van der Waals surface area contributed by atoms with Crippen molar-refractivity contribution in [2.75, 3.05) is 51.1 Å². The normalized spacial score (nSPS) is 17.8. The molecular weight excluding hydrogens is 485 g/mol. The topological polar surface area (TPSA) is 73.0 Å². The summed E-state index contributed by atoms with van der Waals surface area (Å²) < 4.78 is 39.6. The second-order valence-corrected chi connectivity index (χ2v) is 9.48. The van der Waals surface area contributed by atoms with Crippen LogP contribution in [0.2, 0.25) is 0 Å². The second kappa shape index (κ2) is 11.8. The molecule has 0 unspecified atom stereocenters. The summed E-state index contributed by atoms with van der Waals surface area (Å²) in [5.74, 6) is -0.620. The zero-order chi connectivity index (χ0) is 26.4. The van der Waals surface area contributed by atoms with Crippen LogP contribution in [0.5, 0.6) is 0 Å². The lowest BCUT2D eigenvalue weighted by atomic mass is 9.94. The molecule has 0 bridgehead atoms. The van der Waals surface area contributed by atoms with Crippen molar-refractivity contribution in [1.29, 1.82) is 0 Å². The van der Waals surface area contributed by atoms with Crippen molar-refractivity contribution in [1.82, 2.24) is 14.7 Å². The maximum Gasteiger partial charge on any atom is 0.418 e. The lowest BCUT2D eigenvalue weighted by Gasteiger charge is -2.34. The van der Waals surface area contributed by atoms with Gasteiger partial charge in [-0.3, -0.25) is 19.3 Å². The van der Waals surface area contributed by atoms with Gasteiger partial charge in [0.1, 0.15) is 0 Å². The number of benzene rings is 2. The van der Waals surface area contributed by atoms with Crippen LogP contribution in [0.3, 0.4) is 0 Å². The van der Waals surface area contributed by atoms with E-state index >= 15 is 0 Å². The predicted octanol–water partition coefficient (Wildman–Crippen LogP) is 3.73. The van der Waals surface area contributed by atoms with E-state index in [1.807, 2.05) is 28.0 Å². The molecular formula is C27H31F3N4O3. The van der Waals surface area contributed by atoms with Crippen LogP contribution in [-0.2, 0) is 15.8 Å². The van der Waals surface area contributed by atoms with E-state index in [-0.39, 0.29) is 30.0 Å². The van der Waals surface area contributed by atoms with E-state index < -0.39 is 17.6 Å². The van der Waals surface area contributed by atoms with Gasteiger partial charge in [0.05, 0.1) is 17.8 Å². The Kier molecular flexibility index (Phi) is 8.48. The molecule has 7 nitrogen and oxygen atoms in total. The van der Waals surface area contributed by atoms with Crippen LogP contribution in [-0.4, -0.2) is 78.2 Å². The average molecular weight is 517 g/mol. The highest BCUT2D eigenvalue weighted by molar-refractivity contribution is 5.94. The molecule has 37 heavy (non-hydrogen) atoms. The van der Waals surface area contributed by atoms with Gasteiger partial charge >= 0.3 is 6.18 Å². The predicted molar refractivity (Wildman–Crippen MR) is 133 cm³/mol. The van der Waals surface area contributed by atoms with Crippen LogP contribution in [0.4, 0.5) is 18.9 Å². The molecule has 2 fully saturated rings. The molecule has 0 aromatic heterocycles. The van der Waals surface area contributed by atoms with Crippen molar-refractivity contribution in [3.63, 3.8) is 0 Å². The van der Waals surface area contributed by atoms with E-state index in [4.69, 9.17) is 0 Å². The van der Waals surface area contributed by atoms with Gasteiger partial charge in [-0.25, -0.2) is 0 Å². The first kappa shape index (κ1) is 26.7. The van der Waals surface area contributed by atoms with Gasteiger partial charge in [0.15, 0.2) is 0 Å². The van der Waals surface area contributed by atoms with Crippen LogP contribution in [0.15, 0.2) is 54.6 Å². The number of halogens is 3. The van der Waals surface area contributed by atoms with E-state index in [2.05, 4.69) is 5.32 Å². The molecule has 2 heterocycles. The number of anilines is 1. The Morgan fingerprint density at radius 3 is 2.19 bits per heavy atom. The van der Waals surface area contributed by atoms with Crippen LogP contribution in [0.25, 0.3) is 0 Å². The highest BCUT2D eigenvalue weighted by Crippen LogP contribution is 2.34. The fourth-order valence-corrected chi connectivity index (χ4v) is 4.93. The number of carbonyl (C=O) groups excluding carboxylic acids is 3. The molecule has 2 aromatic carbocycles. The molecule has 4 rings (SSSR count). The molecule has 0 radical (unpaired) electrons. The largest absolute Gasteiger partial charge is 0.418 e. The van der Waals surface area contributed by atoms with Gasteiger partial charge in [0, 0.05) is 50.7 Å². The SMILES string of the molecule is O=C(CN1CCCN(C(=O)C2CCN(C(=O)c3ccccc3)CC2)CC1)Nc1ccccc1C(F)(F)F. The van der Waals surface area contributed by atoms with Gasteiger partial charge in [-0.15, -0.1) is 0 Å². The molecule has 0 spiro atoms. The Hall–Kier alpha value is -3.40. The van der Waals surface area contributed by atoms with Crippen LogP contribution in [0.1, 0.15) is 35.2 Å². The van der Waals surface area contributed by atoms with E-state index in [0.29, 0.717) is 64.1 Å². The molecule has 0 aliphatic carbocycles. The molecule has 2 saturated heterocycles. The Bertz CT molecular complexity index is 1100. The Labute approximate surface area is 214 Å². The molecule has 3 amide bonds. The highest BCUT2D eigenvalue weighted by atomic mass is 19.4. The number of rotatable bonds is 5. The number of para-hydroxylation sites is 1. The standard InChI is InChI=1S/C27H31F3N4O3/c28-27(29,30)22-9-4-5-10-23(22)31-24(35)19-32-13-6-14-33(18-17-32)26(37)21-11-15-34(16-12-21)25(36)20-7-2-1-3-8-20/h1-5,7-10,21H,6,11-19H2,(H,31,35). The molecule has 2 aliphatic heterocycles. The summed E-state index contributed by atoms with van der Waals surface area (Å²) in [7, 11) is 0. The van der Waals surface area contributed by atoms with E-state index in [1.54, 1.807) is 17.0 Å². The molecule has 0 atom stereocenters. The van der Waals surface area contributed by atoms with Crippen LogP contribution < -0.4 is 5.32 Å². The fourth-order valence-electron chi connectivity index (χ4n) is 4.93. The molecule has 0 saturated carbocycles. The Morgan fingerprint density at radius 2 is 1.49 bits per heavy atom. The lowest BCUT2D eigenvalue weighted by Crippen LogP contribution is -2.45. The summed E-state index contributed by atoms with van der Waals surface area (Å²) in [5.41, 5.74) is -0.498. The minimum Gasteiger partial charge on any atom is -0.341 e. The van der Waals surface area contributed by atoms with Crippen molar-refractivity contribution >= 4 is 23.4 Å². The maximum atomic E-state index is 13.2. The fraction of sp³-hybridized carbons (Fsp3) is 0.444. The summed E-state index contributed by atoms with van der Waals surface area (Å²) in [5, 5.41) is 2.38. The van der Waals surface area contributed by atoms with Gasteiger partial charge < -0.3 is 15.1 Å². The minimum absolute atomic E-state index is 0.0203. The lowest BCUT2D eigenvalue weighted by molar-refractivity contribution is -0.137. The zero-order valence-electron chi connectivity index (χ0n) is 20.5. The van der Waals surface area contributed by atoms with Gasteiger partial charge in [0.25, 0.3) is 5.91 Å². The molecule has 2 aromatic rings. The summed E-state index contributed by atoms with van der Waals surface area (Å²) in [4.78, 5) is 43.8. The van der Waals surface area contributed by atoms with Crippen molar-refractivity contribution < 1.29 is 27.6 Å². The molecule has 2 aliphatic rings. The summed E-state index contributed by atoms with van der Waals surface area (Å²) >= 11 is 0. The van der Waals surface area contributed by atoms with Crippen LogP contribution in [0, 0.1) is 5.92 Å². The highest BCUT2D eigenvalue weighted by Gasteiger charge is 2.34. The third kappa shape index (κ3) is 6.88. The number of hydrogen-bond donors (Lipinski definition) is 1. The zero-order valence-corrected chi connectivity index (χ0v) is 20.5. The van der Waals surface area contributed by atoms with Crippen molar-refractivity contribution in [2.45, 2.75) is 25.4 Å². The van der Waals surface area contributed by atoms with Gasteiger partial charge in [-0.05, 0) is 43.5 Å². The van der Waals surface area contributed by atoms with E-state index in [0.717, 1.165) is 6.07 Å². The molecule has 1 N–H and O–H groups in total. The van der Waals surface area contributed by atoms with Crippen molar-refractivity contribution in [2.24, 2.45) is 5.92 Å². The quantitative estimate of drug-likeness (QED) is 0.658. The van der Waals surface area contributed by atoms with E-state index in [9.17, 15) is 27.6 Å². The summed E-state index contributed by atoms with van der Waals surface area (Å²) in [6.45, 7) is 3.07. The number of likely N-dealkylation sites (tertiary alicyclic amines) is 1. The Balaban J connectivity index is 1.25. The first-order valence-electron chi connectivity index (χ1n) is 12.5. The Morgan fingerprint density at radius 1 is 0.811 bits per heavy atom. The number of alkyl halides is 3. The number of piperidine rings is 1. The summed E-state index contributed by atoms with van der Waals surface area (Å²) in [6.07, 6.45) is -2.67. The second-order valence-electron chi connectivity index (χ2n) is 9.48. The van der Waals surface area contributed by atoms with E-state index in [1.165, 1.54) is 18.2 Å². The number of nitrogens with zero attached hydrogens (tertiary/aromatic N) is 3. The number of carbonyl (C=O) groups is 3. The first-order valence-corrected chi connectivity index (χ1v) is 12.5. The van der Waals surface area contributed by atoms with Gasteiger partial charge in [0.2, 0.25) is 11.8 Å². The first-order chi connectivity index (χ1) is 17.7. The monoisotopic (exact) mass is 516 g/mol.